The van der Waals surface area contributed by atoms with E-state index < -0.39 is 99.1 Å². The summed E-state index contributed by atoms with van der Waals surface area (Å²) in [6.07, 6.45) is 9.39. The van der Waals surface area contributed by atoms with Gasteiger partial charge in [0.25, 0.3) is 16.7 Å². The Kier molecular flexibility index (Phi) is 25.8. The summed E-state index contributed by atoms with van der Waals surface area (Å²) in [5.41, 5.74) is 3.42. The normalized spacial score (nSPS) is 13.6. The van der Waals surface area contributed by atoms with Crippen LogP contribution >= 0.6 is 9.90 Å². The number of rotatable bonds is 17. The zero-order valence-corrected chi connectivity index (χ0v) is 64.4. The number of aromatic nitrogens is 9. The number of pyridine rings is 3. The Balaban J connectivity index is 0.000000168. The lowest BCUT2D eigenvalue weighted by Gasteiger charge is -2.30. The van der Waals surface area contributed by atoms with E-state index in [9.17, 15) is 66.0 Å². The van der Waals surface area contributed by atoms with Crippen molar-refractivity contribution in [3.63, 3.8) is 0 Å². The van der Waals surface area contributed by atoms with Crippen LogP contribution in [0.2, 0.25) is 0 Å². The standard InChI is InChI=1S/2C26H21F3N4O4S.C26H21F3N4O3S.CH4.H3P/c2*1-37-24-12-18(16-3-5-19(27)21(29)11-16)20(28)13-23(24)33-22-7-10-32(14-17(22)4-6-26(33)34)38(35,36)15-25-30-8-2-9-31-25;1-16-11-19(17-3-5-20(27)22(29)12-17)21(28)13-24(16)33-23-7-10-32(14-18(23)4-6-26(33)34)37(35,36)15-25-30-8-2-9-31-25;;/h2*2-6,8-9,11-13H,7,10,14-15H2,1H3;2-6,8-9,11-13H,7,10,14-15H2,1H3;1H4;1H3. The molecule has 115 heavy (non-hydrogen) atoms. The summed E-state index contributed by atoms with van der Waals surface area (Å²) in [6.45, 7) is 2.03. The summed E-state index contributed by atoms with van der Waals surface area (Å²) < 4.78 is 224. The fourth-order valence-corrected chi connectivity index (χ4v) is 17.5. The zero-order chi connectivity index (χ0) is 80.4. The second-order valence-electron chi connectivity index (χ2n) is 26.0. The predicted octanol–water partition coefficient (Wildman–Crippen LogP) is 11.8. The fourth-order valence-electron chi connectivity index (χ4n) is 13.4. The first kappa shape index (κ1) is 84.4. The average molecular weight is 1660 g/mol. The Morgan fingerprint density at radius 1 is 0.357 bits per heavy atom. The summed E-state index contributed by atoms with van der Waals surface area (Å²) in [5, 5.41) is 0. The lowest BCUT2D eigenvalue weighted by atomic mass is 10.00. The highest BCUT2D eigenvalue weighted by atomic mass is 32.2. The number of halogens is 9. The molecule has 6 aromatic carbocycles. The largest absolute Gasteiger partial charge is 0.495 e. The van der Waals surface area contributed by atoms with Crippen molar-refractivity contribution in [3.8, 4) is 61.9 Å². The average Bonchev–Trinajstić information content (AvgIpc) is 0.765. The number of hydrogen-bond acceptors (Lipinski definition) is 17. The predicted molar refractivity (Wildman–Crippen MR) is 414 cm³/mol. The van der Waals surface area contributed by atoms with Crippen molar-refractivity contribution in [1.82, 2.24) is 56.5 Å². The van der Waals surface area contributed by atoms with Crippen molar-refractivity contribution in [2.45, 2.75) is 70.5 Å². The maximum Gasteiger partial charge on any atom is 0.255 e. The first-order chi connectivity index (χ1) is 54.0. The van der Waals surface area contributed by atoms with E-state index in [2.05, 4.69) is 29.9 Å². The molecule has 9 heterocycles. The molecule has 0 saturated carbocycles. The van der Waals surface area contributed by atoms with Crippen LogP contribution in [0.4, 0.5) is 39.5 Å². The molecule has 12 aromatic rings. The third-order valence-electron chi connectivity index (χ3n) is 18.9. The topological polar surface area (TPSA) is 274 Å². The molecule has 36 heteroatoms. The third-order valence-corrected chi connectivity index (χ3v) is 24.1. The van der Waals surface area contributed by atoms with Crippen LogP contribution in [0.15, 0.2) is 197 Å². The molecule has 1 unspecified atom stereocenters. The van der Waals surface area contributed by atoms with Gasteiger partial charge in [-0.25, -0.2) is 94.7 Å². The molecule has 0 fully saturated rings. The first-order valence-corrected chi connectivity index (χ1v) is 39.2. The summed E-state index contributed by atoms with van der Waals surface area (Å²) in [5.74, 6) is -9.09. The minimum absolute atomic E-state index is 0. The van der Waals surface area contributed by atoms with Crippen molar-refractivity contribution >= 4 is 40.0 Å². The lowest BCUT2D eigenvalue weighted by molar-refractivity contribution is 0.381. The van der Waals surface area contributed by atoms with Gasteiger partial charge in [0.15, 0.2) is 34.9 Å². The van der Waals surface area contributed by atoms with Gasteiger partial charge in [0.05, 0.1) is 31.3 Å². The van der Waals surface area contributed by atoms with E-state index in [1.807, 2.05) is 0 Å². The number of nitrogens with zero attached hydrogens (tertiary/aromatic N) is 12. The fraction of sp³-hybridized carbons (Fsp3) is 0.203. The van der Waals surface area contributed by atoms with Crippen LogP contribution in [0.5, 0.6) is 11.5 Å². The van der Waals surface area contributed by atoms with Crippen LogP contribution in [0.1, 0.15) is 64.2 Å². The molecule has 0 aliphatic carbocycles. The molecule has 3 aliphatic heterocycles. The minimum atomic E-state index is -3.75. The van der Waals surface area contributed by atoms with Gasteiger partial charge in [0, 0.05) is 160 Å². The molecule has 3 aliphatic rings. The number of fused-ring (bicyclic) bond motifs is 3. The summed E-state index contributed by atoms with van der Waals surface area (Å²) in [7, 11) is -8.54. The number of hydrogen-bond donors (Lipinski definition) is 0. The van der Waals surface area contributed by atoms with Gasteiger partial charge in [0.1, 0.15) is 63.7 Å². The maximum atomic E-state index is 15.3. The molecule has 598 valence electrons. The van der Waals surface area contributed by atoms with E-state index in [1.54, 1.807) is 43.3 Å². The van der Waals surface area contributed by atoms with Gasteiger partial charge in [-0.3, -0.25) is 28.1 Å². The van der Waals surface area contributed by atoms with Crippen molar-refractivity contribution in [1.29, 1.82) is 0 Å². The van der Waals surface area contributed by atoms with Gasteiger partial charge in [-0.05, 0) is 125 Å². The monoisotopic (exact) mass is 1660 g/mol. The molecule has 0 N–H and O–H groups in total. The van der Waals surface area contributed by atoms with Crippen molar-refractivity contribution < 1.29 is 74.2 Å². The van der Waals surface area contributed by atoms with Crippen LogP contribution in [0.25, 0.3) is 50.4 Å². The Bertz CT molecular complexity index is 6020. The Morgan fingerprint density at radius 2 is 0.635 bits per heavy atom. The highest BCUT2D eigenvalue weighted by Crippen LogP contribution is 2.38. The number of ether oxygens (including phenoxy) is 2. The molecule has 1 atom stereocenters. The van der Waals surface area contributed by atoms with Gasteiger partial charge in [0.2, 0.25) is 30.1 Å². The van der Waals surface area contributed by atoms with Crippen LogP contribution in [0.3, 0.4) is 0 Å². The van der Waals surface area contributed by atoms with E-state index in [0.717, 1.165) is 48.5 Å². The number of benzene rings is 6. The van der Waals surface area contributed by atoms with Crippen molar-refractivity contribution in [2.24, 2.45) is 0 Å². The van der Waals surface area contributed by atoms with Gasteiger partial charge in [-0.15, -0.1) is 0 Å². The molecular formula is C79H70F9N12O11PS3. The molecule has 23 nitrogen and oxygen atoms in total. The highest BCUT2D eigenvalue weighted by Gasteiger charge is 2.35. The Labute approximate surface area is 656 Å². The minimum Gasteiger partial charge on any atom is -0.495 e. The van der Waals surface area contributed by atoms with E-state index in [0.29, 0.717) is 45.0 Å². The molecule has 0 spiro atoms. The van der Waals surface area contributed by atoms with Crippen LogP contribution in [-0.2, 0) is 86.2 Å². The molecule has 0 saturated heterocycles. The Hall–Kier alpha value is -11.5. The second kappa shape index (κ2) is 35.1. The summed E-state index contributed by atoms with van der Waals surface area (Å²) in [6, 6.07) is 29.9. The van der Waals surface area contributed by atoms with Crippen LogP contribution < -0.4 is 26.2 Å². The van der Waals surface area contributed by atoms with E-state index in [1.165, 1.54) is 139 Å². The molecule has 0 bridgehead atoms. The van der Waals surface area contributed by atoms with Gasteiger partial charge in [-0.1, -0.05) is 43.8 Å². The van der Waals surface area contributed by atoms with Crippen LogP contribution in [-0.4, -0.2) is 116 Å². The maximum absolute atomic E-state index is 15.3. The molecular weight excluding hydrogens is 1590 g/mol. The summed E-state index contributed by atoms with van der Waals surface area (Å²) >= 11 is 0. The summed E-state index contributed by atoms with van der Waals surface area (Å²) in [4.78, 5) is 62.8. The molecule has 15 rings (SSSR count). The van der Waals surface area contributed by atoms with Crippen molar-refractivity contribution in [3.05, 3.63) is 323 Å². The zero-order valence-electron chi connectivity index (χ0n) is 60.5. The molecule has 0 radical (unpaired) electrons. The highest BCUT2D eigenvalue weighted by molar-refractivity contribution is 7.88. The van der Waals surface area contributed by atoms with Gasteiger partial charge < -0.3 is 9.47 Å². The van der Waals surface area contributed by atoms with Gasteiger partial charge >= 0.3 is 0 Å². The van der Waals surface area contributed by atoms with E-state index in [4.69, 9.17) is 9.47 Å². The number of aryl methyl sites for hydroxylation is 1. The second-order valence-corrected chi connectivity index (χ2v) is 31.9. The first-order valence-electron chi connectivity index (χ1n) is 34.3. The lowest BCUT2D eigenvalue weighted by Crippen LogP contribution is -2.39. The third kappa shape index (κ3) is 18.2. The smallest absolute Gasteiger partial charge is 0.255 e. The number of methoxy groups -OCH3 is 2. The van der Waals surface area contributed by atoms with Crippen molar-refractivity contribution in [2.75, 3.05) is 33.9 Å². The van der Waals surface area contributed by atoms with Gasteiger partial charge in [-0.2, -0.15) is 22.8 Å². The quantitative estimate of drug-likeness (QED) is 0.0605. The van der Waals surface area contributed by atoms with Crippen LogP contribution in [0, 0.1) is 59.3 Å². The number of sulfonamides is 3. The SMILES string of the molecule is C.COc1cc(-c2ccc(F)c(F)c2)c(F)cc1-n1c2c(ccc1=O)CN(S(=O)(=O)Cc1ncccn1)CC2.COc1cc(-c2ccc(F)c(F)c2)c(F)cc1-n1c2c(ccc1=O)CN(S(=O)(=O)Cc1ncccn1)CC2.Cc1cc(-c2ccc(F)c(F)c2)c(F)cc1-n1c2c(ccc1=O)CN(S(=O)(=O)Cc1ncccn1)CC2.P. The molecule has 0 amide bonds. The van der Waals surface area contributed by atoms with E-state index >= 15 is 13.2 Å². The van der Waals surface area contributed by atoms with E-state index in [-0.39, 0.29) is 167 Å². The Morgan fingerprint density at radius 3 is 0.922 bits per heavy atom. The molecule has 6 aromatic heterocycles.